The largest absolute Gasteiger partial charge is 0.406 e. The van der Waals surface area contributed by atoms with E-state index < -0.39 is 18.6 Å². The van der Waals surface area contributed by atoms with Crippen LogP contribution in [-0.4, -0.2) is 30.1 Å². The Kier molecular flexibility index (Phi) is 5.68. The molecule has 1 aromatic rings. The highest BCUT2D eigenvalue weighted by Gasteiger charge is 2.33. The van der Waals surface area contributed by atoms with Crippen molar-refractivity contribution in [3.05, 3.63) is 28.8 Å². The second-order valence-corrected chi connectivity index (χ2v) is 4.84. The SMILES string of the molecule is CCCCN(CC(F)(F)F)C(=O)c1ccc(N)cc1Cl. The van der Waals surface area contributed by atoms with Crippen molar-refractivity contribution in [2.24, 2.45) is 0 Å². The first-order valence-corrected chi connectivity index (χ1v) is 6.53. The molecule has 0 heterocycles. The average molecular weight is 309 g/mol. The highest BCUT2D eigenvalue weighted by atomic mass is 35.5. The number of anilines is 1. The lowest BCUT2D eigenvalue weighted by Gasteiger charge is -2.24. The number of benzene rings is 1. The number of nitrogens with two attached hydrogens (primary N) is 1. The molecule has 0 saturated carbocycles. The Bertz CT molecular complexity index is 477. The first kappa shape index (κ1) is 16.6. The molecule has 0 radical (unpaired) electrons. The van der Waals surface area contributed by atoms with Crippen LogP contribution in [0, 0.1) is 0 Å². The predicted octanol–water partition coefficient (Wildman–Crippen LogP) is 3.73. The Balaban J connectivity index is 2.96. The van der Waals surface area contributed by atoms with Gasteiger partial charge in [-0.15, -0.1) is 0 Å². The van der Waals surface area contributed by atoms with E-state index in [1.165, 1.54) is 18.2 Å². The summed E-state index contributed by atoms with van der Waals surface area (Å²) >= 11 is 5.86. The van der Waals surface area contributed by atoms with Crippen LogP contribution in [0.1, 0.15) is 30.1 Å². The monoisotopic (exact) mass is 308 g/mol. The lowest BCUT2D eigenvalue weighted by molar-refractivity contribution is -0.140. The second-order valence-electron chi connectivity index (χ2n) is 4.43. The number of nitrogen functional groups attached to an aromatic ring is 1. The summed E-state index contributed by atoms with van der Waals surface area (Å²) in [7, 11) is 0. The zero-order valence-electron chi connectivity index (χ0n) is 11.0. The maximum Gasteiger partial charge on any atom is 0.406 e. The first-order chi connectivity index (χ1) is 9.24. The van der Waals surface area contributed by atoms with Crippen LogP contribution in [0.2, 0.25) is 5.02 Å². The maximum atomic E-state index is 12.5. The molecule has 112 valence electrons. The fourth-order valence-electron chi connectivity index (χ4n) is 1.69. The van der Waals surface area contributed by atoms with Crippen molar-refractivity contribution in [2.45, 2.75) is 25.9 Å². The molecule has 0 atom stereocenters. The summed E-state index contributed by atoms with van der Waals surface area (Å²) in [6, 6.07) is 4.13. The van der Waals surface area contributed by atoms with Gasteiger partial charge >= 0.3 is 6.18 Å². The summed E-state index contributed by atoms with van der Waals surface area (Å²) in [5.74, 6) is -0.735. The molecule has 0 aromatic heterocycles. The van der Waals surface area contributed by atoms with Crippen LogP contribution < -0.4 is 5.73 Å². The molecule has 20 heavy (non-hydrogen) atoms. The second kappa shape index (κ2) is 6.83. The molecule has 0 aliphatic heterocycles. The quantitative estimate of drug-likeness (QED) is 0.843. The molecular formula is C13H16ClF3N2O. The van der Waals surface area contributed by atoms with Gasteiger partial charge in [0.1, 0.15) is 6.54 Å². The van der Waals surface area contributed by atoms with E-state index in [0.717, 1.165) is 4.90 Å². The van der Waals surface area contributed by atoms with Crippen molar-refractivity contribution in [3.8, 4) is 0 Å². The molecular weight excluding hydrogens is 293 g/mol. The molecule has 0 saturated heterocycles. The van der Waals surface area contributed by atoms with Gasteiger partial charge in [-0.05, 0) is 24.6 Å². The van der Waals surface area contributed by atoms with E-state index in [0.29, 0.717) is 18.5 Å². The number of carbonyl (C=O) groups excluding carboxylic acids is 1. The van der Waals surface area contributed by atoms with Crippen molar-refractivity contribution in [3.63, 3.8) is 0 Å². The van der Waals surface area contributed by atoms with Gasteiger partial charge in [-0.1, -0.05) is 24.9 Å². The fourth-order valence-corrected chi connectivity index (χ4v) is 1.96. The molecule has 0 aliphatic rings. The van der Waals surface area contributed by atoms with E-state index in [4.69, 9.17) is 17.3 Å². The first-order valence-electron chi connectivity index (χ1n) is 6.15. The summed E-state index contributed by atoms with van der Waals surface area (Å²) < 4.78 is 37.6. The summed E-state index contributed by atoms with van der Waals surface area (Å²) in [5, 5.41) is 0.0543. The Labute approximate surface area is 120 Å². The van der Waals surface area contributed by atoms with Crippen LogP contribution in [0.4, 0.5) is 18.9 Å². The van der Waals surface area contributed by atoms with Gasteiger partial charge in [0, 0.05) is 12.2 Å². The van der Waals surface area contributed by atoms with E-state index in [-0.39, 0.29) is 17.1 Å². The van der Waals surface area contributed by atoms with E-state index >= 15 is 0 Å². The van der Waals surface area contributed by atoms with Gasteiger partial charge < -0.3 is 10.6 Å². The van der Waals surface area contributed by atoms with Gasteiger partial charge in [-0.2, -0.15) is 13.2 Å². The predicted molar refractivity (Wildman–Crippen MR) is 72.7 cm³/mol. The molecule has 3 nitrogen and oxygen atoms in total. The minimum Gasteiger partial charge on any atom is -0.399 e. The van der Waals surface area contributed by atoms with Crippen molar-refractivity contribution in [1.29, 1.82) is 0 Å². The van der Waals surface area contributed by atoms with Gasteiger partial charge in [0.15, 0.2) is 0 Å². The molecule has 0 bridgehead atoms. The number of amides is 1. The standard InChI is InChI=1S/C13H16ClF3N2O/c1-2-3-6-19(8-13(15,16)17)12(20)10-5-4-9(18)7-11(10)14/h4-5,7H,2-3,6,8,18H2,1H3. The number of alkyl halides is 3. The molecule has 2 N–H and O–H groups in total. The van der Waals surface area contributed by atoms with Crippen molar-refractivity contribution in [2.75, 3.05) is 18.8 Å². The maximum absolute atomic E-state index is 12.5. The minimum absolute atomic E-state index is 0.0289. The van der Waals surface area contributed by atoms with E-state index in [1.54, 1.807) is 0 Å². The molecule has 0 spiro atoms. The minimum atomic E-state index is -4.44. The summed E-state index contributed by atoms with van der Waals surface area (Å²) in [6.07, 6.45) is -3.25. The van der Waals surface area contributed by atoms with Crippen LogP contribution in [0.15, 0.2) is 18.2 Å². The highest BCUT2D eigenvalue weighted by molar-refractivity contribution is 6.34. The number of rotatable bonds is 5. The van der Waals surface area contributed by atoms with Crippen molar-refractivity contribution < 1.29 is 18.0 Å². The van der Waals surface area contributed by atoms with Gasteiger partial charge in [0.05, 0.1) is 10.6 Å². The summed E-state index contributed by atoms with van der Waals surface area (Å²) in [4.78, 5) is 12.9. The molecule has 0 aliphatic carbocycles. The van der Waals surface area contributed by atoms with E-state index in [2.05, 4.69) is 0 Å². The summed E-state index contributed by atoms with van der Waals surface area (Å²) in [5.41, 5.74) is 5.87. The van der Waals surface area contributed by atoms with Crippen LogP contribution in [0.3, 0.4) is 0 Å². The Morgan fingerprint density at radius 3 is 2.55 bits per heavy atom. The van der Waals surface area contributed by atoms with Crippen LogP contribution >= 0.6 is 11.6 Å². The number of hydrogen-bond donors (Lipinski definition) is 1. The molecule has 1 aromatic carbocycles. The van der Waals surface area contributed by atoms with Gasteiger partial charge in [0.25, 0.3) is 5.91 Å². The van der Waals surface area contributed by atoms with Gasteiger partial charge in [0.2, 0.25) is 0 Å². The van der Waals surface area contributed by atoms with Gasteiger partial charge in [-0.25, -0.2) is 0 Å². The topological polar surface area (TPSA) is 46.3 Å². The van der Waals surface area contributed by atoms with Crippen LogP contribution in [0.25, 0.3) is 0 Å². The van der Waals surface area contributed by atoms with Crippen LogP contribution in [0.5, 0.6) is 0 Å². The Morgan fingerprint density at radius 2 is 2.05 bits per heavy atom. The average Bonchev–Trinajstić information content (AvgIpc) is 2.32. The number of nitrogens with zero attached hydrogens (tertiary/aromatic N) is 1. The van der Waals surface area contributed by atoms with E-state index in [1.807, 2.05) is 6.92 Å². The fraction of sp³-hybridized carbons (Fsp3) is 0.462. The molecule has 1 rings (SSSR count). The third kappa shape index (κ3) is 4.92. The molecule has 1 amide bonds. The smallest absolute Gasteiger partial charge is 0.399 e. The Morgan fingerprint density at radius 1 is 1.40 bits per heavy atom. The number of hydrogen-bond acceptors (Lipinski definition) is 2. The van der Waals surface area contributed by atoms with Crippen molar-refractivity contribution in [1.82, 2.24) is 4.90 Å². The van der Waals surface area contributed by atoms with E-state index in [9.17, 15) is 18.0 Å². The lowest BCUT2D eigenvalue weighted by atomic mass is 10.1. The van der Waals surface area contributed by atoms with Gasteiger partial charge in [-0.3, -0.25) is 4.79 Å². The van der Waals surface area contributed by atoms with Crippen LogP contribution in [-0.2, 0) is 0 Å². The molecule has 0 unspecified atom stereocenters. The molecule has 7 heteroatoms. The molecule has 0 fully saturated rings. The third-order valence-electron chi connectivity index (χ3n) is 2.66. The number of halogens is 4. The third-order valence-corrected chi connectivity index (χ3v) is 2.98. The Hall–Kier alpha value is -1.43. The number of unbranched alkanes of at least 4 members (excludes halogenated alkanes) is 1. The van der Waals surface area contributed by atoms with Crippen molar-refractivity contribution >= 4 is 23.2 Å². The summed E-state index contributed by atoms with van der Waals surface area (Å²) in [6.45, 7) is 0.592. The zero-order chi connectivity index (χ0) is 15.3. The lowest BCUT2D eigenvalue weighted by Crippen LogP contribution is -2.39. The number of carbonyl (C=O) groups is 1. The highest BCUT2D eigenvalue weighted by Crippen LogP contribution is 2.23. The normalized spacial score (nSPS) is 11.4. The zero-order valence-corrected chi connectivity index (χ0v) is 11.8.